The molecule has 1 unspecified atom stereocenters. The van der Waals surface area contributed by atoms with E-state index in [1.807, 2.05) is 0 Å². The monoisotopic (exact) mass is 420 g/mol. The lowest BCUT2D eigenvalue weighted by Crippen LogP contribution is -2.31. The van der Waals surface area contributed by atoms with Crippen molar-refractivity contribution in [3.8, 4) is 0 Å². The molecular formula is C21H19F3N2O4. The maximum atomic E-state index is 12.9. The normalized spacial score (nSPS) is 18.8. The van der Waals surface area contributed by atoms with Crippen LogP contribution in [0.4, 0.5) is 13.2 Å². The lowest BCUT2D eigenvalue weighted by Gasteiger charge is -2.25. The van der Waals surface area contributed by atoms with Crippen molar-refractivity contribution in [1.82, 2.24) is 9.88 Å². The minimum atomic E-state index is -4.52. The zero-order chi connectivity index (χ0) is 21.9. The number of likely N-dealkylation sites (tertiary alicyclic amines) is 1. The minimum Gasteiger partial charge on any atom is -0.507 e. The number of nitrogens with zero attached hydrogens (tertiary/aromatic N) is 2. The van der Waals surface area contributed by atoms with Crippen LogP contribution in [0.15, 0.2) is 54.4 Å². The van der Waals surface area contributed by atoms with Crippen LogP contribution in [0.5, 0.6) is 0 Å². The SMILES string of the molecule is COCCCN1C(=O)C(=O)/C(=C(/O)c2cccnc2)C1c1ccc(C(F)(F)F)cc1. The summed E-state index contributed by atoms with van der Waals surface area (Å²) in [5, 5.41) is 10.7. The zero-order valence-electron chi connectivity index (χ0n) is 16.0. The Morgan fingerprint density at radius 2 is 1.90 bits per heavy atom. The van der Waals surface area contributed by atoms with Gasteiger partial charge in [-0.15, -0.1) is 0 Å². The predicted octanol–water partition coefficient (Wildman–Crippen LogP) is 3.56. The molecular weight excluding hydrogens is 401 g/mol. The zero-order valence-corrected chi connectivity index (χ0v) is 16.0. The highest BCUT2D eigenvalue weighted by Crippen LogP contribution is 2.40. The van der Waals surface area contributed by atoms with Crippen LogP contribution >= 0.6 is 0 Å². The van der Waals surface area contributed by atoms with Crippen molar-refractivity contribution in [2.45, 2.75) is 18.6 Å². The molecule has 3 rings (SSSR count). The van der Waals surface area contributed by atoms with Gasteiger partial charge in [0.25, 0.3) is 11.7 Å². The molecule has 1 aromatic heterocycles. The second-order valence-corrected chi connectivity index (χ2v) is 6.70. The molecule has 1 atom stereocenters. The molecule has 9 heteroatoms. The van der Waals surface area contributed by atoms with Gasteiger partial charge in [0.15, 0.2) is 0 Å². The maximum absolute atomic E-state index is 12.9. The Hall–Kier alpha value is -3.20. The molecule has 6 nitrogen and oxygen atoms in total. The van der Waals surface area contributed by atoms with Crippen LogP contribution in [0, 0.1) is 0 Å². The van der Waals surface area contributed by atoms with Crippen LogP contribution in [0.25, 0.3) is 5.76 Å². The maximum Gasteiger partial charge on any atom is 0.416 e. The molecule has 0 spiro atoms. The third-order valence-corrected chi connectivity index (χ3v) is 4.78. The molecule has 1 N–H and O–H groups in total. The largest absolute Gasteiger partial charge is 0.507 e. The van der Waals surface area contributed by atoms with E-state index in [4.69, 9.17) is 4.74 Å². The molecule has 158 valence electrons. The smallest absolute Gasteiger partial charge is 0.416 e. The second-order valence-electron chi connectivity index (χ2n) is 6.70. The number of ketones is 1. The fourth-order valence-corrected chi connectivity index (χ4v) is 3.35. The molecule has 1 amide bonds. The van der Waals surface area contributed by atoms with Crippen LogP contribution in [0.3, 0.4) is 0 Å². The minimum absolute atomic E-state index is 0.133. The quantitative estimate of drug-likeness (QED) is 0.335. The number of aromatic nitrogens is 1. The molecule has 30 heavy (non-hydrogen) atoms. The number of carbonyl (C=O) groups is 2. The summed E-state index contributed by atoms with van der Waals surface area (Å²) in [4.78, 5) is 30.5. The van der Waals surface area contributed by atoms with Crippen molar-refractivity contribution >= 4 is 17.4 Å². The molecule has 1 aliphatic rings. The molecule has 1 aliphatic heterocycles. The van der Waals surface area contributed by atoms with Gasteiger partial charge in [0, 0.05) is 38.2 Å². The number of benzene rings is 1. The molecule has 1 saturated heterocycles. The Morgan fingerprint density at radius 3 is 2.47 bits per heavy atom. The lowest BCUT2D eigenvalue weighted by molar-refractivity contribution is -0.140. The van der Waals surface area contributed by atoms with Gasteiger partial charge in [-0.2, -0.15) is 13.2 Å². The first-order valence-electron chi connectivity index (χ1n) is 9.10. The van der Waals surface area contributed by atoms with Crippen LogP contribution in [-0.2, 0) is 20.5 Å². The first-order valence-corrected chi connectivity index (χ1v) is 9.10. The number of alkyl halides is 3. The summed E-state index contributed by atoms with van der Waals surface area (Å²) in [5.74, 6) is -2.17. The average Bonchev–Trinajstić information content (AvgIpc) is 2.98. The van der Waals surface area contributed by atoms with Gasteiger partial charge < -0.3 is 14.7 Å². The highest BCUT2D eigenvalue weighted by molar-refractivity contribution is 6.46. The third-order valence-electron chi connectivity index (χ3n) is 4.78. The Kier molecular flexibility index (Phi) is 6.21. The topological polar surface area (TPSA) is 79.7 Å². The van der Waals surface area contributed by atoms with Crippen molar-refractivity contribution in [3.63, 3.8) is 0 Å². The summed E-state index contributed by atoms with van der Waals surface area (Å²) < 4.78 is 43.8. The van der Waals surface area contributed by atoms with E-state index in [-0.39, 0.29) is 23.2 Å². The Labute approximate surface area is 170 Å². The number of pyridine rings is 1. The number of Topliss-reactive ketones (excluding diaryl/α,β-unsaturated/α-hetero) is 1. The van der Waals surface area contributed by atoms with E-state index < -0.39 is 35.2 Å². The number of amides is 1. The van der Waals surface area contributed by atoms with Crippen LogP contribution in [-0.4, -0.2) is 46.9 Å². The number of halogens is 3. The molecule has 0 saturated carbocycles. The standard InChI is InChI=1S/C21H19F3N2O4/c1-30-11-3-10-26-17(13-5-7-15(8-6-13)21(22,23)24)16(19(28)20(26)29)18(27)14-4-2-9-25-12-14/h2,4-9,12,17,27H,3,10-11H2,1H3/b18-16+. The van der Waals surface area contributed by atoms with Gasteiger partial charge in [-0.25, -0.2) is 0 Å². The Balaban J connectivity index is 2.10. The molecule has 2 aromatic rings. The first kappa shape index (κ1) is 21.5. The van der Waals surface area contributed by atoms with Gasteiger partial charge in [0.1, 0.15) is 5.76 Å². The molecule has 1 aromatic carbocycles. The van der Waals surface area contributed by atoms with Gasteiger partial charge in [-0.1, -0.05) is 12.1 Å². The fourth-order valence-electron chi connectivity index (χ4n) is 3.35. The number of carbonyl (C=O) groups excluding carboxylic acids is 2. The Morgan fingerprint density at radius 1 is 1.20 bits per heavy atom. The van der Waals surface area contributed by atoms with Crippen molar-refractivity contribution in [2.75, 3.05) is 20.3 Å². The summed E-state index contributed by atoms with van der Waals surface area (Å²) in [5.41, 5.74) is -0.533. The highest BCUT2D eigenvalue weighted by Gasteiger charge is 2.46. The van der Waals surface area contributed by atoms with Crippen molar-refractivity contribution in [1.29, 1.82) is 0 Å². The van der Waals surface area contributed by atoms with Gasteiger partial charge in [0.05, 0.1) is 17.2 Å². The molecule has 0 bridgehead atoms. The summed E-state index contributed by atoms with van der Waals surface area (Å²) in [7, 11) is 1.49. The number of aliphatic hydroxyl groups is 1. The van der Waals surface area contributed by atoms with Gasteiger partial charge >= 0.3 is 6.18 Å². The van der Waals surface area contributed by atoms with Crippen molar-refractivity contribution in [3.05, 3.63) is 71.1 Å². The predicted molar refractivity (Wildman–Crippen MR) is 101 cm³/mol. The first-order chi connectivity index (χ1) is 14.3. The molecule has 2 heterocycles. The summed E-state index contributed by atoms with van der Waals surface area (Å²) >= 11 is 0. The lowest BCUT2D eigenvalue weighted by atomic mass is 9.95. The van der Waals surface area contributed by atoms with Crippen LogP contribution in [0.1, 0.15) is 29.2 Å². The van der Waals surface area contributed by atoms with E-state index in [1.165, 1.54) is 42.6 Å². The summed E-state index contributed by atoms with van der Waals surface area (Å²) in [6.07, 6.45) is -1.30. The van der Waals surface area contributed by atoms with Gasteiger partial charge in [-0.3, -0.25) is 14.6 Å². The number of ether oxygens (including phenoxy) is 1. The molecule has 0 radical (unpaired) electrons. The highest BCUT2D eigenvalue weighted by atomic mass is 19.4. The van der Waals surface area contributed by atoms with Crippen LogP contribution < -0.4 is 0 Å². The van der Waals surface area contributed by atoms with Gasteiger partial charge in [-0.05, 0) is 36.2 Å². The molecule has 1 fully saturated rings. The van der Waals surface area contributed by atoms with E-state index in [1.54, 1.807) is 6.07 Å². The second kappa shape index (κ2) is 8.66. The van der Waals surface area contributed by atoms with Crippen LogP contribution in [0.2, 0.25) is 0 Å². The van der Waals surface area contributed by atoms with Crippen molar-refractivity contribution in [2.24, 2.45) is 0 Å². The third kappa shape index (κ3) is 4.20. The van der Waals surface area contributed by atoms with E-state index in [0.717, 1.165) is 12.1 Å². The average molecular weight is 420 g/mol. The molecule has 0 aliphatic carbocycles. The number of hydrogen-bond donors (Lipinski definition) is 1. The van der Waals surface area contributed by atoms with E-state index in [0.29, 0.717) is 13.0 Å². The van der Waals surface area contributed by atoms with E-state index in [2.05, 4.69) is 4.98 Å². The number of rotatable bonds is 6. The summed E-state index contributed by atoms with van der Waals surface area (Å²) in [6.45, 7) is 0.458. The fraction of sp³-hybridized carbons (Fsp3) is 0.286. The van der Waals surface area contributed by atoms with Crippen molar-refractivity contribution < 1.29 is 32.6 Å². The summed E-state index contributed by atoms with van der Waals surface area (Å²) in [6, 6.07) is 6.23. The van der Waals surface area contributed by atoms with Gasteiger partial charge in [0.2, 0.25) is 0 Å². The Bertz CT molecular complexity index is 956. The van der Waals surface area contributed by atoms with E-state index in [9.17, 15) is 27.9 Å². The van der Waals surface area contributed by atoms with E-state index >= 15 is 0 Å². The number of hydrogen-bond acceptors (Lipinski definition) is 5. The number of methoxy groups -OCH3 is 1. The number of aliphatic hydroxyl groups excluding tert-OH is 1.